The number of hydrogen-bond donors (Lipinski definition) is 2. The molecule has 0 aliphatic rings. The quantitative estimate of drug-likeness (QED) is 0.604. The third-order valence-electron chi connectivity index (χ3n) is 3.46. The van der Waals surface area contributed by atoms with Crippen molar-refractivity contribution >= 4 is 33.2 Å². The molecule has 0 bridgehead atoms. The van der Waals surface area contributed by atoms with Crippen LogP contribution >= 0.6 is 11.6 Å². The monoisotopic (exact) mass is 383 g/mol. The molecule has 0 aliphatic heterocycles. The lowest BCUT2D eigenvalue weighted by Gasteiger charge is -2.15. The SMILES string of the molecule is CC(NC(=O)c1ccc([N+](=O)[O-])cc1Cl)c1ccc(S(N)(=O)=O)cc1. The summed E-state index contributed by atoms with van der Waals surface area (Å²) in [5.74, 6) is -0.511. The van der Waals surface area contributed by atoms with E-state index in [2.05, 4.69) is 5.32 Å². The number of nitrogens with zero attached hydrogens (tertiary/aromatic N) is 1. The number of amides is 1. The predicted octanol–water partition coefficient (Wildman–Crippen LogP) is 2.39. The zero-order valence-corrected chi connectivity index (χ0v) is 14.5. The molecule has 10 heteroatoms. The molecule has 0 saturated carbocycles. The fraction of sp³-hybridized carbons (Fsp3) is 0.133. The Morgan fingerprint density at radius 2 is 1.84 bits per heavy atom. The Morgan fingerprint density at radius 1 is 1.24 bits per heavy atom. The van der Waals surface area contributed by atoms with Gasteiger partial charge in [-0.3, -0.25) is 14.9 Å². The number of non-ortho nitro benzene ring substituents is 1. The van der Waals surface area contributed by atoms with E-state index in [0.29, 0.717) is 5.56 Å². The van der Waals surface area contributed by atoms with E-state index in [1.165, 1.54) is 36.4 Å². The van der Waals surface area contributed by atoms with Gasteiger partial charge in [-0.25, -0.2) is 13.6 Å². The van der Waals surface area contributed by atoms with Crippen LogP contribution in [0.25, 0.3) is 0 Å². The highest BCUT2D eigenvalue weighted by molar-refractivity contribution is 7.89. The van der Waals surface area contributed by atoms with Gasteiger partial charge in [0, 0.05) is 12.1 Å². The molecule has 0 aromatic heterocycles. The number of rotatable bonds is 5. The van der Waals surface area contributed by atoms with E-state index in [4.69, 9.17) is 16.7 Å². The molecule has 132 valence electrons. The number of nitro benzene ring substituents is 1. The molecule has 0 spiro atoms. The number of nitrogens with two attached hydrogens (primary N) is 1. The highest BCUT2D eigenvalue weighted by Gasteiger charge is 2.17. The number of halogens is 1. The first kappa shape index (κ1) is 18.8. The second-order valence-corrected chi connectivity index (χ2v) is 7.20. The normalized spacial score (nSPS) is 12.4. The van der Waals surface area contributed by atoms with Gasteiger partial charge < -0.3 is 5.32 Å². The van der Waals surface area contributed by atoms with Crippen LogP contribution < -0.4 is 10.5 Å². The number of carbonyl (C=O) groups is 1. The van der Waals surface area contributed by atoms with Crippen LogP contribution in [0, 0.1) is 10.1 Å². The van der Waals surface area contributed by atoms with E-state index >= 15 is 0 Å². The van der Waals surface area contributed by atoms with Gasteiger partial charge in [-0.1, -0.05) is 23.7 Å². The van der Waals surface area contributed by atoms with E-state index in [0.717, 1.165) is 6.07 Å². The molecule has 25 heavy (non-hydrogen) atoms. The van der Waals surface area contributed by atoms with Crippen LogP contribution in [-0.2, 0) is 10.0 Å². The van der Waals surface area contributed by atoms with Gasteiger partial charge in [-0.05, 0) is 30.7 Å². The van der Waals surface area contributed by atoms with Crippen molar-refractivity contribution in [1.82, 2.24) is 5.32 Å². The Labute approximate surface area is 148 Å². The molecule has 8 nitrogen and oxygen atoms in total. The van der Waals surface area contributed by atoms with Crippen LogP contribution in [0.1, 0.15) is 28.9 Å². The summed E-state index contributed by atoms with van der Waals surface area (Å²) >= 11 is 5.92. The minimum absolute atomic E-state index is 0.0341. The summed E-state index contributed by atoms with van der Waals surface area (Å²) in [6.45, 7) is 1.70. The van der Waals surface area contributed by atoms with Gasteiger partial charge in [0.25, 0.3) is 11.6 Å². The van der Waals surface area contributed by atoms with Gasteiger partial charge in [-0.15, -0.1) is 0 Å². The molecule has 0 saturated heterocycles. The average molecular weight is 384 g/mol. The third kappa shape index (κ3) is 4.53. The first-order valence-electron chi connectivity index (χ1n) is 6.97. The minimum Gasteiger partial charge on any atom is -0.345 e. The molecule has 1 amide bonds. The van der Waals surface area contributed by atoms with E-state index < -0.39 is 26.9 Å². The van der Waals surface area contributed by atoms with Crippen LogP contribution in [0.3, 0.4) is 0 Å². The molecular formula is C15H14ClN3O5S. The van der Waals surface area contributed by atoms with Crippen molar-refractivity contribution in [2.24, 2.45) is 5.14 Å². The number of primary sulfonamides is 1. The Kier molecular flexibility index (Phi) is 5.41. The van der Waals surface area contributed by atoms with Crippen molar-refractivity contribution in [2.45, 2.75) is 17.9 Å². The summed E-state index contributed by atoms with van der Waals surface area (Å²) in [6, 6.07) is 8.84. The molecule has 0 radical (unpaired) electrons. The van der Waals surface area contributed by atoms with E-state index in [1.54, 1.807) is 6.92 Å². The molecule has 0 heterocycles. The highest BCUT2D eigenvalue weighted by atomic mass is 35.5. The molecule has 2 aromatic rings. The minimum atomic E-state index is -3.79. The third-order valence-corrected chi connectivity index (χ3v) is 4.71. The smallest absolute Gasteiger partial charge is 0.270 e. The number of sulfonamides is 1. The lowest BCUT2D eigenvalue weighted by atomic mass is 10.1. The molecule has 0 fully saturated rings. The fourth-order valence-corrected chi connectivity index (χ4v) is 2.88. The lowest BCUT2D eigenvalue weighted by molar-refractivity contribution is -0.384. The summed E-state index contributed by atoms with van der Waals surface area (Å²) in [5, 5.41) is 18.4. The summed E-state index contributed by atoms with van der Waals surface area (Å²) in [5.41, 5.74) is 0.534. The fourth-order valence-electron chi connectivity index (χ4n) is 2.11. The van der Waals surface area contributed by atoms with Gasteiger partial charge in [0.1, 0.15) is 0 Å². The van der Waals surface area contributed by atoms with Crippen LogP contribution in [-0.4, -0.2) is 19.2 Å². The Morgan fingerprint density at radius 3 is 2.32 bits per heavy atom. The lowest BCUT2D eigenvalue weighted by Crippen LogP contribution is -2.27. The topological polar surface area (TPSA) is 132 Å². The maximum absolute atomic E-state index is 12.3. The molecule has 1 atom stereocenters. The highest BCUT2D eigenvalue weighted by Crippen LogP contribution is 2.23. The second kappa shape index (κ2) is 7.18. The van der Waals surface area contributed by atoms with E-state index in [1.807, 2.05) is 0 Å². The zero-order chi connectivity index (χ0) is 18.8. The van der Waals surface area contributed by atoms with Crippen molar-refractivity contribution < 1.29 is 18.1 Å². The number of nitro groups is 1. The van der Waals surface area contributed by atoms with Crippen molar-refractivity contribution in [3.8, 4) is 0 Å². The summed E-state index contributed by atoms with van der Waals surface area (Å²) in [6.07, 6.45) is 0. The molecule has 1 unspecified atom stereocenters. The second-order valence-electron chi connectivity index (χ2n) is 5.23. The number of nitrogens with one attached hydrogen (secondary N) is 1. The first-order chi connectivity index (χ1) is 11.6. The molecule has 2 rings (SSSR count). The van der Waals surface area contributed by atoms with Crippen LogP contribution in [0.15, 0.2) is 47.4 Å². The van der Waals surface area contributed by atoms with E-state index in [-0.39, 0.29) is 21.2 Å². The van der Waals surface area contributed by atoms with Gasteiger partial charge in [0.2, 0.25) is 10.0 Å². The molecule has 0 aliphatic carbocycles. The van der Waals surface area contributed by atoms with Gasteiger partial charge in [-0.2, -0.15) is 0 Å². The molecule has 2 aromatic carbocycles. The van der Waals surface area contributed by atoms with Crippen molar-refractivity contribution in [1.29, 1.82) is 0 Å². The van der Waals surface area contributed by atoms with Crippen LogP contribution in [0.2, 0.25) is 5.02 Å². The molecular weight excluding hydrogens is 370 g/mol. The van der Waals surface area contributed by atoms with Crippen LogP contribution in [0.4, 0.5) is 5.69 Å². The first-order valence-corrected chi connectivity index (χ1v) is 8.89. The maximum atomic E-state index is 12.3. The number of carbonyl (C=O) groups excluding carboxylic acids is 1. The summed E-state index contributed by atoms with van der Waals surface area (Å²) < 4.78 is 22.5. The average Bonchev–Trinajstić information content (AvgIpc) is 2.53. The number of benzene rings is 2. The molecule has 3 N–H and O–H groups in total. The Bertz CT molecular complexity index is 929. The predicted molar refractivity (Wildman–Crippen MR) is 91.8 cm³/mol. The largest absolute Gasteiger partial charge is 0.345 e. The maximum Gasteiger partial charge on any atom is 0.270 e. The van der Waals surface area contributed by atoms with Gasteiger partial charge in [0.15, 0.2) is 0 Å². The van der Waals surface area contributed by atoms with Crippen molar-refractivity contribution in [3.05, 3.63) is 68.7 Å². The van der Waals surface area contributed by atoms with Crippen molar-refractivity contribution in [2.75, 3.05) is 0 Å². The summed E-state index contributed by atoms with van der Waals surface area (Å²) in [7, 11) is -3.79. The van der Waals surface area contributed by atoms with Gasteiger partial charge >= 0.3 is 0 Å². The Hall–Kier alpha value is -2.49. The van der Waals surface area contributed by atoms with E-state index in [9.17, 15) is 23.3 Å². The van der Waals surface area contributed by atoms with Gasteiger partial charge in [0.05, 0.1) is 26.4 Å². The van der Waals surface area contributed by atoms with Crippen molar-refractivity contribution in [3.63, 3.8) is 0 Å². The number of hydrogen-bond acceptors (Lipinski definition) is 5. The summed E-state index contributed by atoms with van der Waals surface area (Å²) in [4.78, 5) is 22.3. The van der Waals surface area contributed by atoms with Crippen LogP contribution in [0.5, 0.6) is 0 Å². The zero-order valence-electron chi connectivity index (χ0n) is 13.0. The Balaban J connectivity index is 2.16. The standard InChI is InChI=1S/C15H14ClN3O5S/c1-9(10-2-5-12(6-3-10)25(17,23)24)18-15(20)13-7-4-11(19(21)22)8-14(13)16/h2-9H,1H3,(H,18,20)(H2,17,23,24).